The van der Waals surface area contributed by atoms with Gasteiger partial charge in [0.15, 0.2) is 0 Å². The Kier molecular flexibility index (Phi) is 6.51. The van der Waals surface area contributed by atoms with Crippen LogP contribution in [0.15, 0.2) is 101 Å². The first-order valence-corrected chi connectivity index (χ1v) is 11.9. The number of furan rings is 1. The average Bonchev–Trinajstić information content (AvgIpc) is 3.46. The van der Waals surface area contributed by atoms with E-state index in [9.17, 15) is 9.59 Å². The number of benzene rings is 3. The number of halogens is 2. The quantitative estimate of drug-likeness (QED) is 0.277. The fourth-order valence-electron chi connectivity index (χ4n) is 4.01. The average molecular weight is 515 g/mol. The predicted octanol–water partition coefficient (Wildman–Crippen LogP) is 7.68. The minimum Gasteiger partial charge on any atom is -0.457 e. The molecule has 1 aliphatic heterocycles. The summed E-state index contributed by atoms with van der Waals surface area (Å²) in [6, 6.07) is 25.6. The number of nitrogens with zero attached hydrogens (tertiary/aromatic N) is 1. The van der Waals surface area contributed by atoms with E-state index >= 15 is 0 Å². The lowest BCUT2D eigenvalue weighted by molar-refractivity contribution is -0.114. The van der Waals surface area contributed by atoms with Crippen LogP contribution in [0.4, 0.5) is 11.4 Å². The molecule has 2 amide bonds. The monoisotopic (exact) mass is 514 g/mol. The van der Waals surface area contributed by atoms with E-state index in [2.05, 4.69) is 5.32 Å². The van der Waals surface area contributed by atoms with Crippen molar-refractivity contribution in [1.82, 2.24) is 0 Å². The van der Waals surface area contributed by atoms with E-state index in [1.807, 2.05) is 36.4 Å². The molecular weight excluding hydrogens is 495 g/mol. The van der Waals surface area contributed by atoms with Crippen molar-refractivity contribution in [2.75, 3.05) is 10.2 Å². The minimum atomic E-state index is -0.195. The molecule has 0 aliphatic carbocycles. The fourth-order valence-corrected chi connectivity index (χ4v) is 4.39. The van der Waals surface area contributed by atoms with Crippen molar-refractivity contribution < 1.29 is 14.0 Å². The van der Waals surface area contributed by atoms with Gasteiger partial charge in [0.05, 0.1) is 10.7 Å². The molecule has 7 heteroatoms. The zero-order chi connectivity index (χ0) is 25.2. The predicted molar refractivity (Wildman–Crippen MR) is 145 cm³/mol. The first kappa shape index (κ1) is 23.7. The van der Waals surface area contributed by atoms with E-state index in [1.165, 1.54) is 6.92 Å². The third kappa shape index (κ3) is 4.85. The molecule has 5 nitrogen and oxygen atoms in total. The molecule has 1 aliphatic rings. The van der Waals surface area contributed by atoms with E-state index in [-0.39, 0.29) is 11.8 Å². The number of carbonyl (C=O) groups excluding carboxylic acids is 2. The highest BCUT2D eigenvalue weighted by Crippen LogP contribution is 2.37. The molecule has 36 heavy (non-hydrogen) atoms. The highest BCUT2D eigenvalue weighted by Gasteiger charge is 2.30. The van der Waals surface area contributed by atoms with Gasteiger partial charge in [0.1, 0.15) is 11.5 Å². The van der Waals surface area contributed by atoms with Crippen molar-refractivity contribution in [3.05, 3.63) is 118 Å². The van der Waals surface area contributed by atoms with Crippen LogP contribution >= 0.6 is 23.2 Å². The van der Waals surface area contributed by atoms with Crippen LogP contribution in [-0.4, -0.2) is 11.8 Å². The van der Waals surface area contributed by atoms with Gasteiger partial charge in [0.2, 0.25) is 5.91 Å². The van der Waals surface area contributed by atoms with Crippen molar-refractivity contribution in [1.29, 1.82) is 0 Å². The van der Waals surface area contributed by atoms with Crippen LogP contribution in [-0.2, 0) is 9.59 Å². The van der Waals surface area contributed by atoms with Gasteiger partial charge in [-0.25, -0.2) is 0 Å². The summed E-state index contributed by atoms with van der Waals surface area (Å²) in [7, 11) is 0. The highest BCUT2D eigenvalue weighted by molar-refractivity contribution is 6.35. The molecule has 3 aromatic carbocycles. The first-order valence-electron chi connectivity index (χ1n) is 11.2. The van der Waals surface area contributed by atoms with Crippen LogP contribution in [0.25, 0.3) is 23.1 Å². The molecule has 0 saturated carbocycles. The van der Waals surface area contributed by atoms with Gasteiger partial charge in [-0.3, -0.25) is 14.5 Å². The smallest absolute Gasteiger partial charge is 0.263 e. The third-order valence-corrected chi connectivity index (χ3v) is 6.18. The number of nitrogens with one attached hydrogen (secondary N) is 1. The van der Waals surface area contributed by atoms with Gasteiger partial charge in [-0.05, 0) is 72.3 Å². The van der Waals surface area contributed by atoms with Crippen LogP contribution in [0.3, 0.4) is 0 Å². The summed E-state index contributed by atoms with van der Waals surface area (Å²) in [5, 5.41) is 3.81. The molecule has 5 rings (SSSR count). The second-order valence-corrected chi connectivity index (χ2v) is 9.03. The Morgan fingerprint density at radius 1 is 0.944 bits per heavy atom. The maximum Gasteiger partial charge on any atom is 0.263 e. The van der Waals surface area contributed by atoms with Crippen molar-refractivity contribution in [2.45, 2.75) is 6.92 Å². The lowest BCUT2D eigenvalue weighted by Gasteiger charge is -2.21. The third-order valence-electron chi connectivity index (χ3n) is 5.62. The molecule has 178 valence electrons. The first-order chi connectivity index (χ1) is 17.4. The largest absolute Gasteiger partial charge is 0.457 e. The van der Waals surface area contributed by atoms with Crippen LogP contribution in [0.5, 0.6) is 0 Å². The van der Waals surface area contributed by atoms with E-state index < -0.39 is 0 Å². The highest BCUT2D eigenvalue weighted by atomic mass is 35.5. The molecule has 0 bridgehead atoms. The normalized spacial score (nSPS) is 14.3. The molecule has 0 atom stereocenters. The topological polar surface area (TPSA) is 62.6 Å². The van der Waals surface area contributed by atoms with Crippen LogP contribution in [0.1, 0.15) is 18.2 Å². The Bertz CT molecular complexity index is 1520. The van der Waals surface area contributed by atoms with E-state index in [4.69, 9.17) is 27.6 Å². The summed E-state index contributed by atoms with van der Waals surface area (Å²) in [6.07, 6.45) is 3.55. The molecule has 1 N–H and O–H groups in total. The molecule has 4 aromatic rings. The van der Waals surface area contributed by atoms with Gasteiger partial charge in [0.25, 0.3) is 5.91 Å². The number of rotatable bonds is 5. The molecule has 0 unspecified atom stereocenters. The van der Waals surface area contributed by atoms with Crippen molar-refractivity contribution in [2.24, 2.45) is 0 Å². The Balaban J connectivity index is 1.52. The number of hydrogen-bond acceptors (Lipinski definition) is 3. The molecule has 0 spiro atoms. The lowest BCUT2D eigenvalue weighted by atomic mass is 10.1. The Labute approximate surface area is 218 Å². The Morgan fingerprint density at radius 2 is 1.69 bits per heavy atom. The van der Waals surface area contributed by atoms with Gasteiger partial charge < -0.3 is 9.73 Å². The van der Waals surface area contributed by atoms with E-state index in [1.54, 1.807) is 65.6 Å². The Hall–Kier alpha value is -4.06. The number of hydrogen-bond donors (Lipinski definition) is 1. The summed E-state index contributed by atoms with van der Waals surface area (Å²) in [5.41, 5.74) is 4.11. The number of carbonyl (C=O) groups is 2. The zero-order valence-electron chi connectivity index (χ0n) is 19.2. The molecule has 2 heterocycles. The van der Waals surface area contributed by atoms with Gasteiger partial charge >= 0.3 is 0 Å². The number of anilines is 2. The van der Waals surface area contributed by atoms with Crippen molar-refractivity contribution in [3.63, 3.8) is 0 Å². The number of amides is 2. The van der Waals surface area contributed by atoms with Gasteiger partial charge in [-0.1, -0.05) is 53.5 Å². The molecule has 0 radical (unpaired) electrons. The van der Waals surface area contributed by atoms with Gasteiger partial charge in [-0.2, -0.15) is 0 Å². The molecule has 0 saturated heterocycles. The standard InChI is InChI=1S/C29H20Cl2N2O3/c1-18(34)32-22-8-10-23(11-9-22)33-27(19-5-3-2-4-6-19)16-20(29(33)35)15-24-12-14-28(36-24)25-17-21(30)7-13-26(25)31/h2-17H,1H3,(H,32,34)/b20-15+. The second-order valence-electron chi connectivity index (χ2n) is 8.19. The van der Waals surface area contributed by atoms with Crippen molar-refractivity contribution in [3.8, 4) is 11.3 Å². The summed E-state index contributed by atoms with van der Waals surface area (Å²) >= 11 is 12.4. The zero-order valence-corrected chi connectivity index (χ0v) is 20.7. The van der Waals surface area contributed by atoms with Crippen LogP contribution < -0.4 is 10.2 Å². The van der Waals surface area contributed by atoms with E-state index in [0.29, 0.717) is 44.1 Å². The summed E-state index contributed by atoms with van der Waals surface area (Å²) in [5.74, 6) is 0.709. The maximum atomic E-state index is 13.6. The van der Waals surface area contributed by atoms with E-state index in [0.717, 1.165) is 11.3 Å². The molecular formula is C29H20Cl2N2O3. The summed E-state index contributed by atoms with van der Waals surface area (Å²) in [4.78, 5) is 26.6. The second kappa shape index (κ2) is 9.90. The van der Waals surface area contributed by atoms with Crippen LogP contribution in [0, 0.1) is 0 Å². The van der Waals surface area contributed by atoms with Crippen molar-refractivity contribution >= 4 is 58.2 Å². The maximum absolute atomic E-state index is 13.6. The minimum absolute atomic E-state index is 0.160. The molecule has 1 aromatic heterocycles. The SMILES string of the molecule is CC(=O)Nc1ccc(N2C(=O)/C(=C/c3ccc(-c4cc(Cl)ccc4Cl)o3)C=C2c2ccccc2)cc1. The fraction of sp³-hybridized carbons (Fsp3) is 0.0345. The summed E-state index contributed by atoms with van der Waals surface area (Å²) in [6.45, 7) is 1.45. The summed E-state index contributed by atoms with van der Waals surface area (Å²) < 4.78 is 5.99. The van der Waals surface area contributed by atoms with Gasteiger partial charge in [0, 0.05) is 34.5 Å². The lowest BCUT2D eigenvalue weighted by Crippen LogP contribution is -2.24. The Morgan fingerprint density at radius 3 is 2.42 bits per heavy atom. The molecule has 0 fully saturated rings. The van der Waals surface area contributed by atoms with Crippen LogP contribution in [0.2, 0.25) is 10.0 Å². The van der Waals surface area contributed by atoms with Gasteiger partial charge in [-0.15, -0.1) is 0 Å².